The van der Waals surface area contributed by atoms with E-state index in [2.05, 4.69) is 4.98 Å². The molecule has 0 bridgehead atoms. The quantitative estimate of drug-likeness (QED) is 0.798. The number of nitrogens with two attached hydrogens (primary N) is 1. The Morgan fingerprint density at radius 2 is 2.33 bits per heavy atom. The second-order valence-electron chi connectivity index (χ2n) is 3.36. The SMILES string of the molecule is CC(CN)N(C)C(=O)c1ccc(F)cn1. The van der Waals surface area contributed by atoms with Crippen LogP contribution >= 0.6 is 0 Å². The molecule has 15 heavy (non-hydrogen) atoms. The molecule has 1 amide bonds. The highest BCUT2D eigenvalue weighted by Crippen LogP contribution is 2.04. The zero-order valence-corrected chi connectivity index (χ0v) is 8.77. The van der Waals surface area contributed by atoms with E-state index < -0.39 is 5.82 Å². The molecule has 0 radical (unpaired) electrons. The number of carbonyl (C=O) groups is 1. The summed E-state index contributed by atoms with van der Waals surface area (Å²) in [5.41, 5.74) is 5.66. The summed E-state index contributed by atoms with van der Waals surface area (Å²) < 4.78 is 12.6. The van der Waals surface area contributed by atoms with Gasteiger partial charge in [-0.3, -0.25) is 4.79 Å². The average Bonchev–Trinajstić information content (AvgIpc) is 2.27. The van der Waals surface area contributed by atoms with Crippen LogP contribution in [0.5, 0.6) is 0 Å². The fourth-order valence-electron chi connectivity index (χ4n) is 1.04. The van der Waals surface area contributed by atoms with E-state index in [-0.39, 0.29) is 17.6 Å². The van der Waals surface area contributed by atoms with Gasteiger partial charge >= 0.3 is 0 Å². The molecule has 5 heteroatoms. The van der Waals surface area contributed by atoms with E-state index in [1.165, 1.54) is 17.0 Å². The number of pyridine rings is 1. The predicted molar refractivity (Wildman–Crippen MR) is 54.8 cm³/mol. The molecule has 0 aliphatic heterocycles. The number of carbonyl (C=O) groups excluding carboxylic acids is 1. The molecule has 1 aromatic rings. The van der Waals surface area contributed by atoms with Crippen LogP contribution in [0.4, 0.5) is 4.39 Å². The van der Waals surface area contributed by atoms with Crippen LogP contribution in [-0.2, 0) is 0 Å². The predicted octanol–water partition coefficient (Wildman–Crippen LogP) is 0.640. The molecule has 0 saturated carbocycles. The summed E-state index contributed by atoms with van der Waals surface area (Å²) in [4.78, 5) is 16.9. The summed E-state index contributed by atoms with van der Waals surface area (Å²) >= 11 is 0. The summed E-state index contributed by atoms with van der Waals surface area (Å²) in [6.45, 7) is 2.21. The number of rotatable bonds is 3. The number of hydrogen-bond donors (Lipinski definition) is 1. The van der Waals surface area contributed by atoms with Gasteiger partial charge in [0, 0.05) is 19.6 Å². The number of aromatic nitrogens is 1. The molecule has 82 valence electrons. The first kappa shape index (κ1) is 11.6. The highest BCUT2D eigenvalue weighted by molar-refractivity contribution is 5.92. The maximum atomic E-state index is 12.6. The van der Waals surface area contributed by atoms with Gasteiger partial charge in [0.1, 0.15) is 11.5 Å². The van der Waals surface area contributed by atoms with Gasteiger partial charge in [-0.25, -0.2) is 9.37 Å². The van der Waals surface area contributed by atoms with Crippen molar-refractivity contribution in [2.75, 3.05) is 13.6 Å². The van der Waals surface area contributed by atoms with Crippen molar-refractivity contribution in [2.24, 2.45) is 5.73 Å². The maximum absolute atomic E-state index is 12.6. The lowest BCUT2D eigenvalue weighted by Gasteiger charge is -2.23. The Bertz CT molecular complexity index is 339. The second kappa shape index (κ2) is 4.84. The molecule has 0 fully saturated rings. The number of amides is 1. The van der Waals surface area contributed by atoms with Crippen molar-refractivity contribution in [3.63, 3.8) is 0 Å². The van der Waals surface area contributed by atoms with Crippen molar-refractivity contribution in [3.05, 3.63) is 29.8 Å². The van der Waals surface area contributed by atoms with Crippen molar-refractivity contribution in [1.29, 1.82) is 0 Å². The fourth-order valence-corrected chi connectivity index (χ4v) is 1.04. The molecular formula is C10H14FN3O. The van der Waals surface area contributed by atoms with Gasteiger partial charge in [0.15, 0.2) is 0 Å². The average molecular weight is 211 g/mol. The molecule has 2 N–H and O–H groups in total. The number of nitrogens with zero attached hydrogens (tertiary/aromatic N) is 2. The third-order valence-electron chi connectivity index (χ3n) is 2.27. The Morgan fingerprint density at radius 3 is 2.80 bits per heavy atom. The molecular weight excluding hydrogens is 197 g/mol. The van der Waals surface area contributed by atoms with Crippen LogP contribution in [0, 0.1) is 5.82 Å². The summed E-state index contributed by atoms with van der Waals surface area (Å²) in [6.07, 6.45) is 1.02. The van der Waals surface area contributed by atoms with Crippen LogP contribution in [0.2, 0.25) is 0 Å². The fraction of sp³-hybridized carbons (Fsp3) is 0.400. The third kappa shape index (κ3) is 2.73. The van der Waals surface area contributed by atoms with Crippen LogP contribution < -0.4 is 5.73 Å². The molecule has 0 aliphatic carbocycles. The van der Waals surface area contributed by atoms with Crippen LogP contribution in [0.1, 0.15) is 17.4 Å². The van der Waals surface area contributed by atoms with Gasteiger partial charge in [0.25, 0.3) is 5.91 Å². The van der Waals surface area contributed by atoms with E-state index in [0.717, 1.165) is 6.20 Å². The first-order chi connectivity index (χ1) is 7.06. The standard InChI is InChI=1S/C10H14FN3O/c1-7(5-12)14(2)10(15)9-4-3-8(11)6-13-9/h3-4,6-7H,5,12H2,1-2H3. The second-order valence-corrected chi connectivity index (χ2v) is 3.36. The van der Waals surface area contributed by atoms with Gasteiger partial charge in [-0.15, -0.1) is 0 Å². The lowest BCUT2D eigenvalue weighted by atomic mass is 10.2. The van der Waals surface area contributed by atoms with Crippen LogP contribution in [-0.4, -0.2) is 35.4 Å². The van der Waals surface area contributed by atoms with E-state index in [4.69, 9.17) is 5.73 Å². The van der Waals surface area contributed by atoms with Gasteiger partial charge in [0.2, 0.25) is 0 Å². The molecule has 1 atom stereocenters. The monoisotopic (exact) mass is 211 g/mol. The van der Waals surface area contributed by atoms with Gasteiger partial charge in [0.05, 0.1) is 6.20 Å². The Morgan fingerprint density at radius 1 is 1.67 bits per heavy atom. The zero-order chi connectivity index (χ0) is 11.4. The van der Waals surface area contributed by atoms with Crippen molar-refractivity contribution in [1.82, 2.24) is 9.88 Å². The van der Waals surface area contributed by atoms with E-state index in [1.54, 1.807) is 7.05 Å². The lowest BCUT2D eigenvalue weighted by molar-refractivity contribution is 0.0742. The van der Waals surface area contributed by atoms with Crippen molar-refractivity contribution < 1.29 is 9.18 Å². The smallest absolute Gasteiger partial charge is 0.272 e. The van der Waals surface area contributed by atoms with E-state index >= 15 is 0 Å². The Balaban J connectivity index is 2.80. The zero-order valence-electron chi connectivity index (χ0n) is 8.77. The molecule has 1 rings (SSSR count). The van der Waals surface area contributed by atoms with Gasteiger partial charge in [-0.2, -0.15) is 0 Å². The Kier molecular flexibility index (Phi) is 3.74. The summed E-state index contributed by atoms with van der Waals surface area (Å²) in [5, 5.41) is 0. The molecule has 0 saturated heterocycles. The Labute approximate surface area is 87.9 Å². The molecule has 1 aromatic heterocycles. The van der Waals surface area contributed by atoms with Gasteiger partial charge in [-0.05, 0) is 19.1 Å². The number of hydrogen-bond acceptors (Lipinski definition) is 3. The van der Waals surface area contributed by atoms with E-state index in [0.29, 0.717) is 6.54 Å². The van der Waals surface area contributed by atoms with Gasteiger partial charge < -0.3 is 10.6 Å². The summed E-state index contributed by atoms with van der Waals surface area (Å²) in [5.74, 6) is -0.714. The van der Waals surface area contributed by atoms with E-state index in [1.807, 2.05) is 6.92 Å². The Hall–Kier alpha value is -1.49. The molecule has 0 aromatic carbocycles. The molecule has 0 spiro atoms. The van der Waals surface area contributed by atoms with Gasteiger partial charge in [-0.1, -0.05) is 0 Å². The van der Waals surface area contributed by atoms with E-state index in [9.17, 15) is 9.18 Å². The highest BCUT2D eigenvalue weighted by atomic mass is 19.1. The molecule has 0 aliphatic rings. The topological polar surface area (TPSA) is 59.2 Å². The largest absolute Gasteiger partial charge is 0.336 e. The molecule has 1 heterocycles. The van der Waals surface area contributed by atoms with Crippen LogP contribution in [0.25, 0.3) is 0 Å². The summed E-state index contributed by atoms with van der Waals surface area (Å²) in [7, 11) is 1.64. The van der Waals surface area contributed by atoms with Crippen molar-refractivity contribution in [2.45, 2.75) is 13.0 Å². The number of likely N-dealkylation sites (N-methyl/N-ethyl adjacent to an activating group) is 1. The highest BCUT2D eigenvalue weighted by Gasteiger charge is 2.17. The van der Waals surface area contributed by atoms with Crippen LogP contribution in [0.15, 0.2) is 18.3 Å². The molecule has 4 nitrogen and oxygen atoms in total. The normalized spacial score (nSPS) is 12.3. The number of halogens is 1. The first-order valence-electron chi connectivity index (χ1n) is 4.65. The van der Waals surface area contributed by atoms with Crippen molar-refractivity contribution >= 4 is 5.91 Å². The first-order valence-corrected chi connectivity index (χ1v) is 4.65. The van der Waals surface area contributed by atoms with Crippen molar-refractivity contribution in [3.8, 4) is 0 Å². The minimum absolute atomic E-state index is 0.0654. The molecule has 1 unspecified atom stereocenters. The lowest BCUT2D eigenvalue weighted by Crippen LogP contribution is -2.40. The third-order valence-corrected chi connectivity index (χ3v) is 2.27. The maximum Gasteiger partial charge on any atom is 0.272 e. The van der Waals surface area contributed by atoms with Crippen LogP contribution in [0.3, 0.4) is 0 Å². The summed E-state index contributed by atoms with van der Waals surface area (Å²) in [6, 6.07) is 2.50. The minimum Gasteiger partial charge on any atom is -0.336 e. The minimum atomic E-state index is -0.457.